The fourth-order valence-electron chi connectivity index (χ4n) is 0.882. The van der Waals surface area contributed by atoms with E-state index in [-0.39, 0.29) is 5.28 Å². The second-order valence-electron chi connectivity index (χ2n) is 2.22. The lowest BCUT2D eigenvalue weighted by atomic mass is 10.3. The molecule has 2 rings (SSSR count). The van der Waals surface area contributed by atoms with Crippen LogP contribution in [0.5, 0.6) is 0 Å². The normalized spacial score (nSPS) is 10.1. The van der Waals surface area contributed by atoms with Crippen molar-refractivity contribution >= 4 is 22.9 Å². The van der Waals surface area contributed by atoms with Crippen molar-refractivity contribution in [1.29, 1.82) is 0 Å². The van der Waals surface area contributed by atoms with Crippen molar-refractivity contribution in [2.45, 2.75) is 0 Å². The summed E-state index contributed by atoms with van der Waals surface area (Å²) in [7, 11) is 0. The number of halogens is 1. The van der Waals surface area contributed by atoms with Gasteiger partial charge in [-0.05, 0) is 23.0 Å². The van der Waals surface area contributed by atoms with Gasteiger partial charge in [0.05, 0.1) is 0 Å². The van der Waals surface area contributed by atoms with Gasteiger partial charge in [-0.1, -0.05) is 6.07 Å². The second kappa shape index (κ2) is 3.21. The minimum absolute atomic E-state index is 0.287. The summed E-state index contributed by atoms with van der Waals surface area (Å²) in [5, 5.41) is 2.31. The summed E-state index contributed by atoms with van der Waals surface area (Å²) in [6.45, 7) is 0. The molecule has 0 N–H and O–H groups in total. The Morgan fingerprint density at radius 1 is 1.25 bits per heavy atom. The van der Waals surface area contributed by atoms with Crippen molar-refractivity contribution in [3.05, 3.63) is 35.2 Å². The largest absolute Gasteiger partial charge is 0.226 e. The van der Waals surface area contributed by atoms with E-state index in [2.05, 4.69) is 9.97 Å². The molecule has 0 atom stereocenters. The van der Waals surface area contributed by atoms with E-state index in [1.807, 2.05) is 17.5 Å². The first-order chi connectivity index (χ1) is 5.86. The van der Waals surface area contributed by atoms with Crippen LogP contribution in [0.4, 0.5) is 0 Å². The number of thiophene rings is 1. The van der Waals surface area contributed by atoms with Gasteiger partial charge < -0.3 is 0 Å². The molecule has 4 heteroatoms. The molecule has 60 valence electrons. The lowest BCUT2D eigenvalue weighted by Crippen LogP contribution is -1.81. The summed E-state index contributed by atoms with van der Waals surface area (Å²) in [5.41, 5.74) is 1.01. The number of hydrogen-bond acceptors (Lipinski definition) is 3. The Morgan fingerprint density at radius 3 is 2.58 bits per heavy atom. The van der Waals surface area contributed by atoms with E-state index in [4.69, 9.17) is 11.6 Å². The van der Waals surface area contributed by atoms with Gasteiger partial charge in [0, 0.05) is 22.8 Å². The molecule has 0 radical (unpaired) electrons. The van der Waals surface area contributed by atoms with Crippen molar-refractivity contribution in [2.24, 2.45) is 0 Å². The van der Waals surface area contributed by atoms with E-state index in [1.54, 1.807) is 23.7 Å². The third kappa shape index (κ3) is 1.47. The standard InChI is InChI=1S/C8H5ClN2S/c9-8-10-4-6(5-11-8)7-2-1-3-12-7/h1-5H. The van der Waals surface area contributed by atoms with Crippen molar-refractivity contribution in [2.75, 3.05) is 0 Å². The van der Waals surface area contributed by atoms with E-state index in [1.165, 1.54) is 0 Å². The van der Waals surface area contributed by atoms with E-state index in [9.17, 15) is 0 Å². The summed E-state index contributed by atoms with van der Waals surface area (Å²) in [6.07, 6.45) is 3.45. The topological polar surface area (TPSA) is 25.8 Å². The molecule has 0 aromatic carbocycles. The molecule has 0 spiro atoms. The van der Waals surface area contributed by atoms with Gasteiger partial charge in [0.1, 0.15) is 0 Å². The van der Waals surface area contributed by atoms with Crippen LogP contribution < -0.4 is 0 Å². The molecular formula is C8H5ClN2S. The lowest BCUT2D eigenvalue weighted by molar-refractivity contribution is 1.17. The van der Waals surface area contributed by atoms with Gasteiger partial charge >= 0.3 is 0 Å². The molecule has 0 aliphatic carbocycles. The van der Waals surface area contributed by atoms with Crippen molar-refractivity contribution in [3.8, 4) is 10.4 Å². The summed E-state index contributed by atoms with van der Waals surface area (Å²) in [5.74, 6) is 0. The van der Waals surface area contributed by atoms with Gasteiger partial charge in [-0.25, -0.2) is 9.97 Å². The summed E-state index contributed by atoms with van der Waals surface area (Å²) in [4.78, 5) is 8.95. The number of hydrogen-bond donors (Lipinski definition) is 0. The van der Waals surface area contributed by atoms with Gasteiger partial charge in [-0.15, -0.1) is 11.3 Å². The third-order valence-corrected chi connectivity index (χ3v) is 2.54. The highest BCUT2D eigenvalue weighted by Crippen LogP contribution is 2.22. The predicted molar refractivity (Wildman–Crippen MR) is 50.4 cm³/mol. The maximum Gasteiger partial charge on any atom is 0.222 e. The first-order valence-electron chi connectivity index (χ1n) is 3.38. The van der Waals surface area contributed by atoms with Crippen LogP contribution in [0.3, 0.4) is 0 Å². The van der Waals surface area contributed by atoms with Crippen LogP contribution in [0.25, 0.3) is 10.4 Å². The van der Waals surface area contributed by atoms with E-state index in [0.717, 1.165) is 10.4 Å². The maximum atomic E-state index is 5.55. The number of nitrogens with zero attached hydrogens (tertiary/aromatic N) is 2. The molecule has 0 unspecified atom stereocenters. The maximum absolute atomic E-state index is 5.55. The first-order valence-corrected chi connectivity index (χ1v) is 4.63. The molecule has 2 heterocycles. The molecule has 0 aliphatic heterocycles. The fraction of sp³-hybridized carbons (Fsp3) is 0. The molecule has 2 aromatic rings. The Bertz CT molecular complexity index is 355. The zero-order valence-corrected chi connectivity index (χ0v) is 7.64. The van der Waals surface area contributed by atoms with Crippen LogP contribution in [0.1, 0.15) is 0 Å². The average Bonchev–Trinajstić information content (AvgIpc) is 2.58. The summed E-state index contributed by atoms with van der Waals surface area (Å²) in [6, 6.07) is 4.02. The molecule has 0 amide bonds. The van der Waals surface area contributed by atoms with Crippen molar-refractivity contribution < 1.29 is 0 Å². The molecule has 12 heavy (non-hydrogen) atoms. The Labute approximate surface area is 78.9 Å². The van der Waals surface area contributed by atoms with Crippen LogP contribution >= 0.6 is 22.9 Å². The first kappa shape index (κ1) is 7.71. The Hall–Kier alpha value is -0.930. The van der Waals surface area contributed by atoms with Crippen molar-refractivity contribution in [1.82, 2.24) is 9.97 Å². The zero-order chi connectivity index (χ0) is 8.39. The minimum atomic E-state index is 0.287. The fourth-order valence-corrected chi connectivity index (χ4v) is 1.68. The molecule has 0 saturated carbocycles. The van der Waals surface area contributed by atoms with Crippen LogP contribution in [0.2, 0.25) is 5.28 Å². The smallest absolute Gasteiger partial charge is 0.222 e. The summed E-state index contributed by atoms with van der Waals surface area (Å²) < 4.78 is 0. The molecule has 0 saturated heterocycles. The van der Waals surface area contributed by atoms with Gasteiger partial charge in [-0.2, -0.15) is 0 Å². The highest BCUT2D eigenvalue weighted by molar-refractivity contribution is 7.13. The van der Waals surface area contributed by atoms with Crippen molar-refractivity contribution in [3.63, 3.8) is 0 Å². The molecular weight excluding hydrogens is 192 g/mol. The van der Waals surface area contributed by atoms with Crippen LogP contribution in [-0.4, -0.2) is 9.97 Å². The molecule has 0 aliphatic rings. The monoisotopic (exact) mass is 196 g/mol. The second-order valence-corrected chi connectivity index (χ2v) is 3.50. The molecule has 2 nitrogen and oxygen atoms in total. The number of aromatic nitrogens is 2. The zero-order valence-electron chi connectivity index (χ0n) is 6.07. The SMILES string of the molecule is Clc1ncc(-c2cccs2)cn1. The van der Waals surface area contributed by atoms with Crippen LogP contribution in [0.15, 0.2) is 29.9 Å². The average molecular weight is 197 g/mol. The van der Waals surface area contributed by atoms with E-state index < -0.39 is 0 Å². The third-order valence-electron chi connectivity index (χ3n) is 1.43. The Kier molecular flexibility index (Phi) is 2.06. The highest BCUT2D eigenvalue weighted by atomic mass is 35.5. The minimum Gasteiger partial charge on any atom is -0.226 e. The highest BCUT2D eigenvalue weighted by Gasteiger charge is 1.98. The van der Waals surface area contributed by atoms with Gasteiger partial charge in [0.25, 0.3) is 0 Å². The van der Waals surface area contributed by atoms with Crippen LogP contribution in [0, 0.1) is 0 Å². The van der Waals surface area contributed by atoms with E-state index >= 15 is 0 Å². The van der Waals surface area contributed by atoms with Gasteiger partial charge in [-0.3, -0.25) is 0 Å². The Morgan fingerprint density at radius 2 is 2.00 bits per heavy atom. The lowest BCUT2D eigenvalue weighted by Gasteiger charge is -1.93. The van der Waals surface area contributed by atoms with Gasteiger partial charge in [0.2, 0.25) is 5.28 Å². The van der Waals surface area contributed by atoms with E-state index in [0.29, 0.717) is 0 Å². The Balaban J connectivity index is 2.43. The van der Waals surface area contributed by atoms with Gasteiger partial charge in [0.15, 0.2) is 0 Å². The summed E-state index contributed by atoms with van der Waals surface area (Å²) >= 11 is 7.21. The van der Waals surface area contributed by atoms with Crippen LogP contribution in [-0.2, 0) is 0 Å². The predicted octanol–water partition coefficient (Wildman–Crippen LogP) is 2.86. The molecule has 0 fully saturated rings. The molecule has 0 bridgehead atoms. The quantitative estimate of drug-likeness (QED) is 0.656. The molecule has 2 aromatic heterocycles. The number of rotatable bonds is 1.